The lowest BCUT2D eigenvalue weighted by Gasteiger charge is -2.11. The molecule has 0 aliphatic carbocycles. The van der Waals surface area contributed by atoms with Crippen LogP contribution in [0.3, 0.4) is 0 Å². The highest BCUT2D eigenvalue weighted by atomic mass is 32.1. The molecule has 0 saturated heterocycles. The van der Waals surface area contributed by atoms with Crippen molar-refractivity contribution in [2.45, 2.75) is 26.3 Å². The minimum atomic E-state index is -0.500. The molecule has 2 aromatic heterocycles. The highest BCUT2D eigenvalue weighted by Gasteiger charge is 2.21. The second kappa shape index (κ2) is 8.97. The van der Waals surface area contributed by atoms with Crippen molar-refractivity contribution < 1.29 is 14.3 Å². The number of nitrogens with zero attached hydrogens (tertiary/aromatic N) is 2. The molecule has 152 valence electrons. The third-order valence-corrected chi connectivity index (χ3v) is 5.66. The highest BCUT2D eigenvalue weighted by Crippen LogP contribution is 2.28. The molecule has 29 heavy (non-hydrogen) atoms. The molecule has 9 heteroatoms. The Balaban J connectivity index is 2.05. The average Bonchev–Trinajstić information content (AvgIpc) is 3.03. The van der Waals surface area contributed by atoms with Gasteiger partial charge in [0, 0.05) is 32.2 Å². The van der Waals surface area contributed by atoms with Crippen LogP contribution in [-0.4, -0.2) is 35.1 Å². The summed E-state index contributed by atoms with van der Waals surface area (Å²) in [5, 5.41) is 3.22. The van der Waals surface area contributed by atoms with Crippen LogP contribution in [0.4, 0.5) is 5.69 Å². The molecule has 0 spiro atoms. The first-order valence-electron chi connectivity index (χ1n) is 9.08. The van der Waals surface area contributed by atoms with Gasteiger partial charge in [0.25, 0.3) is 11.5 Å². The number of rotatable bonds is 8. The van der Waals surface area contributed by atoms with Gasteiger partial charge in [-0.05, 0) is 24.6 Å². The highest BCUT2D eigenvalue weighted by molar-refractivity contribution is 7.20. The molecule has 0 bridgehead atoms. The molecule has 8 nitrogen and oxygen atoms in total. The number of benzene rings is 1. The SMILES string of the molecule is COCCc1nc2sc(C(=O)Nc3ccccc3)c(C)c2c(=O)n1CCC(N)=O. The Kier molecular flexibility index (Phi) is 6.40. The summed E-state index contributed by atoms with van der Waals surface area (Å²) in [4.78, 5) is 42.6. The number of aromatic nitrogens is 2. The number of primary amides is 1. The number of hydrogen-bond acceptors (Lipinski definition) is 6. The third-order valence-electron chi connectivity index (χ3n) is 4.48. The largest absolute Gasteiger partial charge is 0.384 e. The fourth-order valence-electron chi connectivity index (χ4n) is 3.02. The van der Waals surface area contributed by atoms with Gasteiger partial charge in [-0.25, -0.2) is 4.98 Å². The molecule has 0 aliphatic heterocycles. The van der Waals surface area contributed by atoms with Gasteiger partial charge in [-0.2, -0.15) is 0 Å². The number of fused-ring (bicyclic) bond motifs is 1. The lowest BCUT2D eigenvalue weighted by atomic mass is 10.2. The summed E-state index contributed by atoms with van der Waals surface area (Å²) >= 11 is 1.18. The predicted octanol–water partition coefficient (Wildman–Crippen LogP) is 2.08. The number of methoxy groups -OCH3 is 1. The summed E-state index contributed by atoms with van der Waals surface area (Å²) in [6.45, 7) is 2.24. The molecule has 0 unspecified atom stereocenters. The fraction of sp³-hybridized carbons (Fsp3) is 0.300. The van der Waals surface area contributed by atoms with Crippen LogP contribution in [-0.2, 0) is 22.5 Å². The molecule has 0 fully saturated rings. The first-order valence-corrected chi connectivity index (χ1v) is 9.90. The topological polar surface area (TPSA) is 116 Å². The third kappa shape index (κ3) is 4.52. The van der Waals surface area contributed by atoms with E-state index in [1.165, 1.54) is 15.9 Å². The Bertz CT molecular complexity index is 1110. The van der Waals surface area contributed by atoms with Crippen molar-refractivity contribution in [3.8, 4) is 0 Å². The molecule has 3 N–H and O–H groups in total. The maximum absolute atomic E-state index is 13.1. The second-order valence-corrected chi connectivity index (χ2v) is 7.50. The van der Waals surface area contributed by atoms with Gasteiger partial charge in [0.05, 0.1) is 16.9 Å². The van der Waals surface area contributed by atoms with Crippen molar-refractivity contribution in [1.82, 2.24) is 9.55 Å². The van der Waals surface area contributed by atoms with Gasteiger partial charge in [-0.15, -0.1) is 11.3 Å². The number of anilines is 1. The fourth-order valence-corrected chi connectivity index (χ4v) is 4.11. The number of para-hydroxylation sites is 1. The summed E-state index contributed by atoms with van der Waals surface area (Å²) in [5.74, 6) is -0.292. The van der Waals surface area contributed by atoms with Crippen LogP contribution in [0.1, 0.15) is 27.5 Å². The minimum Gasteiger partial charge on any atom is -0.384 e. The van der Waals surface area contributed by atoms with Gasteiger partial charge in [0.1, 0.15) is 10.7 Å². The first-order chi connectivity index (χ1) is 13.9. The van der Waals surface area contributed by atoms with E-state index in [2.05, 4.69) is 10.3 Å². The van der Waals surface area contributed by atoms with Crippen LogP contribution in [0.15, 0.2) is 35.1 Å². The van der Waals surface area contributed by atoms with Crippen LogP contribution in [0.5, 0.6) is 0 Å². The molecule has 0 radical (unpaired) electrons. The Morgan fingerprint density at radius 1 is 1.28 bits per heavy atom. The van der Waals surface area contributed by atoms with E-state index in [0.29, 0.717) is 45.2 Å². The lowest BCUT2D eigenvalue weighted by Crippen LogP contribution is -2.28. The van der Waals surface area contributed by atoms with Crippen molar-refractivity contribution in [1.29, 1.82) is 0 Å². The van der Waals surface area contributed by atoms with E-state index in [1.807, 2.05) is 18.2 Å². The number of amides is 2. The molecule has 0 aliphatic rings. The minimum absolute atomic E-state index is 0.0254. The van der Waals surface area contributed by atoms with E-state index < -0.39 is 5.91 Å². The number of carbonyl (C=O) groups is 2. The molecular formula is C20H22N4O4S. The van der Waals surface area contributed by atoms with E-state index in [4.69, 9.17) is 10.5 Å². The number of carbonyl (C=O) groups excluding carboxylic acids is 2. The zero-order valence-corrected chi connectivity index (χ0v) is 17.0. The monoisotopic (exact) mass is 414 g/mol. The van der Waals surface area contributed by atoms with Gasteiger partial charge in [-0.1, -0.05) is 18.2 Å². The maximum Gasteiger partial charge on any atom is 0.266 e. The van der Waals surface area contributed by atoms with Gasteiger partial charge in [-0.3, -0.25) is 19.0 Å². The van der Waals surface area contributed by atoms with Crippen molar-refractivity contribution in [2.75, 3.05) is 19.0 Å². The van der Waals surface area contributed by atoms with E-state index >= 15 is 0 Å². The standard InChI is InChI=1S/C20H22N4O4S/c1-12-16-19(29-17(12)18(26)22-13-6-4-3-5-7-13)23-15(9-11-28-2)24(20(16)27)10-8-14(21)25/h3-7H,8-11H2,1-2H3,(H2,21,25)(H,22,26). The van der Waals surface area contributed by atoms with E-state index in [-0.39, 0.29) is 24.4 Å². The van der Waals surface area contributed by atoms with Crippen molar-refractivity contribution in [3.63, 3.8) is 0 Å². The lowest BCUT2D eigenvalue weighted by molar-refractivity contribution is -0.118. The van der Waals surface area contributed by atoms with Crippen molar-refractivity contribution >= 4 is 39.1 Å². The van der Waals surface area contributed by atoms with E-state index in [0.717, 1.165) is 0 Å². The zero-order valence-electron chi connectivity index (χ0n) is 16.2. The number of hydrogen-bond donors (Lipinski definition) is 2. The van der Waals surface area contributed by atoms with E-state index in [1.54, 1.807) is 26.2 Å². The van der Waals surface area contributed by atoms with E-state index in [9.17, 15) is 14.4 Å². The summed E-state index contributed by atoms with van der Waals surface area (Å²) in [6, 6.07) is 9.10. The quantitative estimate of drug-likeness (QED) is 0.585. The Morgan fingerprint density at radius 3 is 2.66 bits per heavy atom. The normalized spacial score (nSPS) is 11.0. The predicted molar refractivity (Wildman–Crippen MR) is 112 cm³/mol. The first kappa shape index (κ1) is 20.7. The average molecular weight is 414 g/mol. The molecule has 0 saturated carbocycles. The number of nitrogens with one attached hydrogen (secondary N) is 1. The van der Waals surface area contributed by atoms with Crippen LogP contribution in [0.2, 0.25) is 0 Å². The molecule has 3 rings (SSSR count). The Morgan fingerprint density at radius 2 is 2.00 bits per heavy atom. The van der Waals surface area contributed by atoms with Crippen molar-refractivity contribution in [2.24, 2.45) is 5.73 Å². The number of thiophene rings is 1. The smallest absolute Gasteiger partial charge is 0.266 e. The summed E-state index contributed by atoms with van der Waals surface area (Å²) in [6.07, 6.45) is 0.431. The molecule has 2 amide bonds. The summed E-state index contributed by atoms with van der Waals surface area (Å²) in [5.41, 5.74) is 6.21. The van der Waals surface area contributed by atoms with Gasteiger partial charge in [0.2, 0.25) is 5.91 Å². The van der Waals surface area contributed by atoms with Crippen molar-refractivity contribution in [3.05, 3.63) is 57.0 Å². The Hall–Kier alpha value is -3.04. The molecular weight excluding hydrogens is 392 g/mol. The zero-order chi connectivity index (χ0) is 21.0. The van der Waals surface area contributed by atoms with Gasteiger partial charge < -0.3 is 15.8 Å². The van der Waals surface area contributed by atoms with Crippen LogP contribution in [0, 0.1) is 6.92 Å². The van der Waals surface area contributed by atoms with Gasteiger partial charge >= 0.3 is 0 Å². The molecule has 0 atom stereocenters. The Labute approximate surface area is 171 Å². The number of nitrogens with two attached hydrogens (primary N) is 1. The number of aryl methyl sites for hydroxylation is 1. The van der Waals surface area contributed by atoms with Gasteiger partial charge in [0.15, 0.2) is 0 Å². The summed E-state index contributed by atoms with van der Waals surface area (Å²) < 4.78 is 6.55. The maximum atomic E-state index is 13.1. The second-order valence-electron chi connectivity index (χ2n) is 6.50. The van der Waals surface area contributed by atoms with Crippen LogP contribution in [0.25, 0.3) is 10.2 Å². The van der Waals surface area contributed by atoms with Crippen LogP contribution >= 0.6 is 11.3 Å². The molecule has 3 aromatic rings. The summed E-state index contributed by atoms with van der Waals surface area (Å²) in [7, 11) is 1.56. The molecule has 1 aromatic carbocycles. The number of ether oxygens (including phenoxy) is 1. The van der Waals surface area contributed by atoms with Crippen LogP contribution < -0.4 is 16.6 Å². The molecule has 2 heterocycles.